The van der Waals surface area contributed by atoms with Crippen molar-refractivity contribution < 1.29 is 0 Å². The van der Waals surface area contributed by atoms with Crippen LogP contribution in [0.1, 0.15) is 16.5 Å². The third-order valence-corrected chi connectivity index (χ3v) is 4.08. The second-order valence-electron chi connectivity index (χ2n) is 4.86. The summed E-state index contributed by atoms with van der Waals surface area (Å²) in [6, 6.07) is 16.8. The van der Waals surface area contributed by atoms with E-state index in [-0.39, 0.29) is 11.1 Å². The van der Waals surface area contributed by atoms with E-state index in [0.717, 1.165) is 11.3 Å². The standard InChI is InChI=1S/C16H14ClN5S/c17-11-8-6-10(7-9-11)15(23)13-14(16(18)22-20-13)21-19-12-4-2-1-3-5-12/h1-9,15,23H,(H3,18,20,22). The highest BCUT2D eigenvalue weighted by molar-refractivity contribution is 7.80. The number of aromatic nitrogens is 2. The van der Waals surface area contributed by atoms with Gasteiger partial charge in [0.05, 0.1) is 16.6 Å². The fraction of sp³-hybridized carbons (Fsp3) is 0.0625. The number of rotatable bonds is 4. The van der Waals surface area contributed by atoms with Crippen molar-refractivity contribution in [1.29, 1.82) is 0 Å². The zero-order chi connectivity index (χ0) is 16.2. The van der Waals surface area contributed by atoms with Crippen LogP contribution < -0.4 is 5.73 Å². The van der Waals surface area contributed by atoms with Gasteiger partial charge in [-0.15, -0.1) is 5.11 Å². The Kier molecular flexibility index (Phi) is 4.64. The van der Waals surface area contributed by atoms with Crippen LogP contribution in [-0.4, -0.2) is 10.2 Å². The number of halogens is 1. The molecule has 0 amide bonds. The van der Waals surface area contributed by atoms with Gasteiger partial charge in [0.1, 0.15) is 0 Å². The number of anilines is 1. The second kappa shape index (κ2) is 6.85. The summed E-state index contributed by atoms with van der Waals surface area (Å²) >= 11 is 10.6. The van der Waals surface area contributed by atoms with E-state index in [1.807, 2.05) is 54.6 Å². The first-order valence-corrected chi connectivity index (χ1v) is 7.78. The molecule has 116 valence electrons. The number of nitrogens with zero attached hydrogens (tertiary/aromatic N) is 3. The predicted octanol–water partition coefficient (Wildman–Crippen LogP) is 5.08. The number of hydrogen-bond acceptors (Lipinski definition) is 5. The highest BCUT2D eigenvalue weighted by Crippen LogP contribution is 2.37. The molecule has 5 nitrogen and oxygen atoms in total. The highest BCUT2D eigenvalue weighted by atomic mass is 35.5. The maximum absolute atomic E-state index is 5.92. The molecule has 1 aromatic heterocycles. The summed E-state index contributed by atoms with van der Waals surface area (Å²) < 4.78 is 0. The predicted molar refractivity (Wildman–Crippen MR) is 95.9 cm³/mol. The molecule has 3 aromatic rings. The molecular weight excluding hydrogens is 330 g/mol. The van der Waals surface area contributed by atoms with Gasteiger partial charge >= 0.3 is 0 Å². The molecule has 7 heteroatoms. The van der Waals surface area contributed by atoms with Crippen LogP contribution in [0.15, 0.2) is 64.8 Å². The third kappa shape index (κ3) is 3.55. The van der Waals surface area contributed by atoms with E-state index >= 15 is 0 Å². The van der Waals surface area contributed by atoms with Gasteiger partial charge in [0.15, 0.2) is 11.5 Å². The number of hydrogen-bond donors (Lipinski definition) is 3. The topological polar surface area (TPSA) is 79.4 Å². The Morgan fingerprint density at radius 2 is 1.74 bits per heavy atom. The largest absolute Gasteiger partial charge is 0.380 e. The van der Waals surface area contributed by atoms with E-state index in [2.05, 4.69) is 33.1 Å². The summed E-state index contributed by atoms with van der Waals surface area (Å²) in [5.41, 5.74) is 8.77. The number of thiol groups is 1. The second-order valence-corrected chi connectivity index (χ2v) is 5.81. The molecule has 3 rings (SSSR count). The molecule has 23 heavy (non-hydrogen) atoms. The van der Waals surface area contributed by atoms with E-state index in [4.69, 9.17) is 17.3 Å². The monoisotopic (exact) mass is 343 g/mol. The van der Waals surface area contributed by atoms with Crippen molar-refractivity contribution in [3.8, 4) is 0 Å². The average Bonchev–Trinajstić information content (AvgIpc) is 2.95. The van der Waals surface area contributed by atoms with Crippen LogP contribution in [0.3, 0.4) is 0 Å². The molecule has 1 unspecified atom stereocenters. The highest BCUT2D eigenvalue weighted by Gasteiger charge is 2.19. The van der Waals surface area contributed by atoms with Crippen molar-refractivity contribution >= 4 is 41.4 Å². The van der Waals surface area contributed by atoms with Crippen molar-refractivity contribution in [2.45, 2.75) is 5.25 Å². The van der Waals surface area contributed by atoms with Crippen LogP contribution >= 0.6 is 24.2 Å². The van der Waals surface area contributed by atoms with Crippen LogP contribution in [0.2, 0.25) is 5.02 Å². The van der Waals surface area contributed by atoms with E-state index < -0.39 is 0 Å². The molecule has 0 spiro atoms. The smallest absolute Gasteiger partial charge is 0.173 e. The molecule has 0 aliphatic carbocycles. The van der Waals surface area contributed by atoms with Crippen LogP contribution in [-0.2, 0) is 0 Å². The fourth-order valence-corrected chi connectivity index (χ4v) is 2.55. The van der Waals surface area contributed by atoms with E-state index in [0.29, 0.717) is 16.4 Å². The van der Waals surface area contributed by atoms with Gasteiger partial charge in [0, 0.05) is 5.02 Å². The van der Waals surface area contributed by atoms with Crippen molar-refractivity contribution in [2.75, 3.05) is 5.73 Å². The lowest BCUT2D eigenvalue weighted by atomic mass is 10.1. The summed E-state index contributed by atoms with van der Waals surface area (Å²) in [6.45, 7) is 0. The SMILES string of the molecule is Nc1n[nH]c(C(S)c2ccc(Cl)cc2)c1N=Nc1ccccc1. The Balaban J connectivity index is 1.92. The Bertz CT molecular complexity index is 814. The zero-order valence-electron chi connectivity index (χ0n) is 12.0. The Labute approximate surface area is 144 Å². The van der Waals surface area contributed by atoms with E-state index in [1.165, 1.54) is 0 Å². The van der Waals surface area contributed by atoms with Gasteiger partial charge < -0.3 is 5.73 Å². The summed E-state index contributed by atoms with van der Waals surface area (Å²) in [5, 5.41) is 15.7. The number of H-pyrrole nitrogens is 1. The Morgan fingerprint density at radius 1 is 1.04 bits per heavy atom. The van der Waals surface area contributed by atoms with Crippen LogP contribution in [0.25, 0.3) is 0 Å². The van der Waals surface area contributed by atoms with Crippen molar-refractivity contribution in [1.82, 2.24) is 10.2 Å². The molecule has 0 aliphatic heterocycles. The molecule has 0 fully saturated rings. The Hall–Kier alpha value is -2.31. The lowest BCUT2D eigenvalue weighted by molar-refractivity contribution is 0.986. The first kappa shape index (κ1) is 15.6. The molecule has 0 aliphatic rings. The minimum Gasteiger partial charge on any atom is -0.380 e. The maximum atomic E-state index is 5.92. The number of nitrogens with two attached hydrogens (primary N) is 1. The van der Waals surface area contributed by atoms with Gasteiger partial charge in [-0.05, 0) is 29.8 Å². The van der Waals surface area contributed by atoms with Gasteiger partial charge in [-0.1, -0.05) is 41.9 Å². The van der Waals surface area contributed by atoms with Crippen molar-refractivity contribution in [2.24, 2.45) is 10.2 Å². The third-order valence-electron chi connectivity index (χ3n) is 3.28. The summed E-state index contributed by atoms with van der Waals surface area (Å²) in [4.78, 5) is 0. The fourth-order valence-electron chi connectivity index (χ4n) is 2.07. The molecule has 0 radical (unpaired) electrons. The normalized spacial score (nSPS) is 12.6. The van der Waals surface area contributed by atoms with E-state index in [1.54, 1.807) is 0 Å². The maximum Gasteiger partial charge on any atom is 0.173 e. The van der Waals surface area contributed by atoms with Crippen molar-refractivity contribution in [3.05, 3.63) is 70.9 Å². The summed E-state index contributed by atoms with van der Waals surface area (Å²) in [6.07, 6.45) is 0. The number of nitrogens with one attached hydrogen (secondary N) is 1. The molecule has 2 aromatic carbocycles. The molecular formula is C16H14ClN5S. The van der Waals surface area contributed by atoms with E-state index in [9.17, 15) is 0 Å². The number of benzene rings is 2. The van der Waals surface area contributed by atoms with Crippen LogP contribution in [0.5, 0.6) is 0 Å². The van der Waals surface area contributed by atoms with Gasteiger partial charge in [-0.25, -0.2) is 0 Å². The minimum absolute atomic E-state index is 0.262. The molecule has 0 saturated carbocycles. The van der Waals surface area contributed by atoms with Crippen molar-refractivity contribution in [3.63, 3.8) is 0 Å². The lowest BCUT2D eigenvalue weighted by Crippen LogP contribution is -1.94. The first-order chi connectivity index (χ1) is 11.1. The zero-order valence-corrected chi connectivity index (χ0v) is 13.7. The minimum atomic E-state index is -0.262. The number of aromatic amines is 1. The van der Waals surface area contributed by atoms with Gasteiger partial charge in [-0.3, -0.25) is 5.10 Å². The van der Waals surface area contributed by atoms with Crippen LogP contribution in [0.4, 0.5) is 17.2 Å². The van der Waals surface area contributed by atoms with Gasteiger partial charge in [-0.2, -0.15) is 22.8 Å². The Morgan fingerprint density at radius 3 is 2.43 bits per heavy atom. The molecule has 3 N–H and O–H groups in total. The molecule has 0 saturated heterocycles. The lowest BCUT2D eigenvalue weighted by Gasteiger charge is -2.09. The molecule has 0 bridgehead atoms. The molecule has 1 atom stereocenters. The van der Waals surface area contributed by atoms with Crippen LogP contribution in [0, 0.1) is 0 Å². The summed E-state index contributed by atoms with van der Waals surface area (Å²) in [7, 11) is 0. The average molecular weight is 344 g/mol. The first-order valence-electron chi connectivity index (χ1n) is 6.89. The number of azo groups is 1. The quantitative estimate of drug-likeness (QED) is 0.456. The van der Waals surface area contributed by atoms with Gasteiger partial charge in [0.2, 0.25) is 0 Å². The molecule has 1 heterocycles. The number of nitrogen functional groups attached to an aromatic ring is 1. The summed E-state index contributed by atoms with van der Waals surface area (Å²) in [5.74, 6) is 0.285. The van der Waals surface area contributed by atoms with Gasteiger partial charge in [0.25, 0.3) is 0 Å².